The summed E-state index contributed by atoms with van der Waals surface area (Å²) in [6.45, 7) is 5.78. The highest BCUT2D eigenvalue weighted by molar-refractivity contribution is 5.30. The van der Waals surface area contributed by atoms with Gasteiger partial charge in [-0.1, -0.05) is 25.1 Å². The van der Waals surface area contributed by atoms with Crippen LogP contribution in [0.5, 0.6) is 5.75 Å². The van der Waals surface area contributed by atoms with Gasteiger partial charge in [-0.05, 0) is 13.0 Å². The van der Waals surface area contributed by atoms with E-state index in [0.717, 1.165) is 0 Å². The standard InChI is InChI=1S/C14H18FN3O2/c1-8(2)14-17-13(18-20-14)7-19-10-4-5-11(9(3)16)12(15)6-10/h4-6,8-9H,7,16H2,1-3H3. The predicted octanol–water partition coefficient (Wildman–Crippen LogP) is 2.93. The fraction of sp³-hybridized carbons (Fsp3) is 0.429. The van der Waals surface area contributed by atoms with E-state index in [1.165, 1.54) is 6.07 Å². The summed E-state index contributed by atoms with van der Waals surface area (Å²) < 4.78 is 24.2. The SMILES string of the molecule is CC(C)c1nc(COc2ccc(C(C)N)c(F)c2)no1. The third kappa shape index (κ3) is 3.33. The second-order valence-electron chi connectivity index (χ2n) is 4.96. The molecule has 1 aromatic heterocycles. The van der Waals surface area contributed by atoms with Crippen molar-refractivity contribution in [1.29, 1.82) is 0 Å². The Morgan fingerprint density at radius 1 is 1.35 bits per heavy atom. The molecule has 108 valence electrons. The predicted molar refractivity (Wildman–Crippen MR) is 71.7 cm³/mol. The molecule has 0 saturated carbocycles. The average Bonchev–Trinajstić information content (AvgIpc) is 2.85. The lowest BCUT2D eigenvalue weighted by Gasteiger charge is -2.09. The Bertz CT molecular complexity index is 582. The number of halogens is 1. The van der Waals surface area contributed by atoms with Crippen molar-refractivity contribution in [2.45, 2.75) is 39.3 Å². The summed E-state index contributed by atoms with van der Waals surface area (Å²) in [5.41, 5.74) is 6.10. The molecule has 6 heteroatoms. The Labute approximate surface area is 116 Å². The topological polar surface area (TPSA) is 74.2 Å². The van der Waals surface area contributed by atoms with Crippen molar-refractivity contribution in [3.05, 3.63) is 41.3 Å². The van der Waals surface area contributed by atoms with Crippen molar-refractivity contribution in [3.8, 4) is 5.75 Å². The Morgan fingerprint density at radius 3 is 2.65 bits per heavy atom. The van der Waals surface area contributed by atoms with E-state index in [2.05, 4.69) is 10.1 Å². The van der Waals surface area contributed by atoms with E-state index >= 15 is 0 Å². The summed E-state index contributed by atoms with van der Waals surface area (Å²) >= 11 is 0. The van der Waals surface area contributed by atoms with E-state index in [4.69, 9.17) is 15.0 Å². The van der Waals surface area contributed by atoms with E-state index in [1.54, 1.807) is 19.1 Å². The number of aromatic nitrogens is 2. The molecule has 0 bridgehead atoms. The molecular formula is C14H18FN3O2. The molecule has 1 unspecified atom stereocenters. The zero-order chi connectivity index (χ0) is 14.7. The summed E-state index contributed by atoms with van der Waals surface area (Å²) in [5, 5.41) is 3.80. The molecule has 0 aliphatic rings. The highest BCUT2D eigenvalue weighted by Crippen LogP contribution is 2.21. The largest absolute Gasteiger partial charge is 0.485 e. The number of ether oxygens (including phenoxy) is 1. The van der Waals surface area contributed by atoms with Crippen molar-refractivity contribution in [2.75, 3.05) is 0 Å². The minimum absolute atomic E-state index is 0.132. The monoisotopic (exact) mass is 279 g/mol. The van der Waals surface area contributed by atoms with Crippen LogP contribution in [0.2, 0.25) is 0 Å². The van der Waals surface area contributed by atoms with Gasteiger partial charge in [0, 0.05) is 23.6 Å². The minimum Gasteiger partial charge on any atom is -0.485 e. The van der Waals surface area contributed by atoms with Gasteiger partial charge in [-0.3, -0.25) is 0 Å². The summed E-state index contributed by atoms with van der Waals surface area (Å²) in [4.78, 5) is 4.18. The number of hydrogen-bond donors (Lipinski definition) is 1. The first kappa shape index (κ1) is 14.5. The van der Waals surface area contributed by atoms with Crippen LogP contribution in [0.4, 0.5) is 4.39 Å². The molecule has 0 fully saturated rings. The van der Waals surface area contributed by atoms with Gasteiger partial charge in [0.25, 0.3) is 0 Å². The van der Waals surface area contributed by atoms with Crippen molar-refractivity contribution in [3.63, 3.8) is 0 Å². The van der Waals surface area contributed by atoms with E-state index in [-0.39, 0.29) is 24.4 Å². The summed E-state index contributed by atoms with van der Waals surface area (Å²) in [7, 11) is 0. The maximum atomic E-state index is 13.7. The first-order valence-electron chi connectivity index (χ1n) is 6.47. The zero-order valence-corrected chi connectivity index (χ0v) is 11.8. The van der Waals surface area contributed by atoms with E-state index in [1.807, 2.05) is 13.8 Å². The number of nitrogens with zero attached hydrogens (tertiary/aromatic N) is 2. The van der Waals surface area contributed by atoms with Crippen LogP contribution in [-0.2, 0) is 6.61 Å². The second-order valence-corrected chi connectivity index (χ2v) is 4.96. The van der Waals surface area contributed by atoms with Gasteiger partial charge < -0.3 is 15.0 Å². The van der Waals surface area contributed by atoms with Crippen LogP contribution in [-0.4, -0.2) is 10.1 Å². The van der Waals surface area contributed by atoms with Crippen LogP contribution in [0.25, 0.3) is 0 Å². The van der Waals surface area contributed by atoms with Crippen molar-refractivity contribution >= 4 is 0 Å². The highest BCUT2D eigenvalue weighted by Gasteiger charge is 2.11. The Kier molecular flexibility index (Phi) is 4.34. The van der Waals surface area contributed by atoms with Gasteiger partial charge in [-0.25, -0.2) is 4.39 Å². The van der Waals surface area contributed by atoms with Crippen LogP contribution in [0, 0.1) is 5.82 Å². The lowest BCUT2D eigenvalue weighted by Crippen LogP contribution is -2.07. The van der Waals surface area contributed by atoms with Gasteiger partial charge in [0.15, 0.2) is 6.61 Å². The molecule has 0 aliphatic heterocycles. The molecule has 0 amide bonds. The van der Waals surface area contributed by atoms with Crippen molar-refractivity contribution in [1.82, 2.24) is 10.1 Å². The smallest absolute Gasteiger partial charge is 0.229 e. The molecule has 5 nitrogen and oxygen atoms in total. The summed E-state index contributed by atoms with van der Waals surface area (Å²) in [6, 6.07) is 4.24. The van der Waals surface area contributed by atoms with Gasteiger partial charge in [0.2, 0.25) is 11.7 Å². The van der Waals surface area contributed by atoms with Gasteiger partial charge in [0.1, 0.15) is 11.6 Å². The van der Waals surface area contributed by atoms with Gasteiger partial charge >= 0.3 is 0 Å². The number of rotatable bonds is 5. The summed E-state index contributed by atoms with van der Waals surface area (Å²) in [6.07, 6.45) is 0. The van der Waals surface area contributed by atoms with Crippen LogP contribution in [0.3, 0.4) is 0 Å². The first-order chi connectivity index (χ1) is 9.47. The van der Waals surface area contributed by atoms with Gasteiger partial charge in [0.05, 0.1) is 0 Å². The molecule has 0 spiro atoms. The normalized spacial score (nSPS) is 12.7. The average molecular weight is 279 g/mol. The number of hydrogen-bond acceptors (Lipinski definition) is 5. The quantitative estimate of drug-likeness (QED) is 0.910. The lowest BCUT2D eigenvalue weighted by molar-refractivity contribution is 0.283. The molecule has 1 heterocycles. The number of nitrogens with two attached hydrogens (primary N) is 1. The maximum Gasteiger partial charge on any atom is 0.229 e. The van der Waals surface area contributed by atoms with Gasteiger partial charge in [-0.15, -0.1) is 0 Å². The molecule has 1 aromatic carbocycles. The first-order valence-corrected chi connectivity index (χ1v) is 6.47. The molecule has 20 heavy (non-hydrogen) atoms. The molecule has 2 aromatic rings. The van der Waals surface area contributed by atoms with E-state index < -0.39 is 0 Å². The molecule has 0 radical (unpaired) electrons. The van der Waals surface area contributed by atoms with Crippen LogP contribution in [0.15, 0.2) is 22.7 Å². The van der Waals surface area contributed by atoms with Crippen LogP contribution in [0.1, 0.15) is 50.0 Å². The Balaban J connectivity index is 2.01. The molecule has 1 atom stereocenters. The third-order valence-electron chi connectivity index (χ3n) is 2.81. The highest BCUT2D eigenvalue weighted by atomic mass is 19.1. The molecule has 0 aliphatic carbocycles. The summed E-state index contributed by atoms with van der Waals surface area (Å²) in [5.74, 6) is 1.18. The van der Waals surface area contributed by atoms with Gasteiger partial charge in [-0.2, -0.15) is 4.98 Å². The molecule has 0 saturated heterocycles. The Hall–Kier alpha value is -1.95. The molecular weight excluding hydrogens is 261 g/mol. The minimum atomic E-state index is -0.381. The lowest BCUT2D eigenvalue weighted by atomic mass is 10.1. The van der Waals surface area contributed by atoms with Crippen LogP contribution >= 0.6 is 0 Å². The Morgan fingerprint density at radius 2 is 2.10 bits per heavy atom. The molecule has 2 N–H and O–H groups in total. The second kappa shape index (κ2) is 6.00. The van der Waals surface area contributed by atoms with E-state index in [0.29, 0.717) is 23.0 Å². The maximum absolute atomic E-state index is 13.7. The third-order valence-corrected chi connectivity index (χ3v) is 2.81. The van der Waals surface area contributed by atoms with E-state index in [9.17, 15) is 4.39 Å². The number of benzene rings is 1. The fourth-order valence-electron chi connectivity index (χ4n) is 1.68. The molecule has 2 rings (SSSR count). The van der Waals surface area contributed by atoms with Crippen LogP contribution < -0.4 is 10.5 Å². The zero-order valence-electron chi connectivity index (χ0n) is 11.8. The van der Waals surface area contributed by atoms with Crippen molar-refractivity contribution < 1.29 is 13.7 Å². The van der Waals surface area contributed by atoms with Crippen molar-refractivity contribution in [2.24, 2.45) is 5.73 Å². The fourth-order valence-corrected chi connectivity index (χ4v) is 1.68.